The van der Waals surface area contributed by atoms with Gasteiger partial charge < -0.3 is 15.3 Å². The number of rotatable bonds is 1. The Bertz CT molecular complexity index is 294. The summed E-state index contributed by atoms with van der Waals surface area (Å²) in [5.74, 6) is 0. The zero-order valence-corrected chi connectivity index (χ0v) is 11.6. The van der Waals surface area contributed by atoms with Crippen molar-refractivity contribution in [3.8, 4) is 0 Å². The van der Waals surface area contributed by atoms with Crippen LogP contribution in [0, 0.1) is 5.41 Å². The van der Waals surface area contributed by atoms with E-state index in [1.165, 1.54) is 12.8 Å². The minimum atomic E-state index is -0.338. The summed E-state index contributed by atoms with van der Waals surface area (Å²) in [6.45, 7) is 5.86. The van der Waals surface area contributed by atoms with Crippen molar-refractivity contribution in [2.45, 2.75) is 64.5 Å². The molecule has 1 aliphatic carbocycles. The first-order valence-electron chi connectivity index (χ1n) is 7.20. The van der Waals surface area contributed by atoms with Crippen molar-refractivity contribution >= 4 is 6.03 Å². The molecule has 4 nitrogen and oxygen atoms in total. The van der Waals surface area contributed by atoms with Crippen LogP contribution in [0.4, 0.5) is 4.79 Å². The first-order valence-corrected chi connectivity index (χ1v) is 7.20. The van der Waals surface area contributed by atoms with Gasteiger partial charge in [0.25, 0.3) is 0 Å². The fraction of sp³-hybridized carbons (Fsp3) is 0.929. The number of carbonyl (C=O) groups excluding carboxylic acids is 1. The Morgan fingerprint density at radius 3 is 2.56 bits per heavy atom. The largest absolute Gasteiger partial charge is 0.391 e. The van der Waals surface area contributed by atoms with Gasteiger partial charge in [-0.1, -0.05) is 13.8 Å². The molecule has 2 N–H and O–H groups in total. The summed E-state index contributed by atoms with van der Waals surface area (Å²) in [7, 11) is 0. The van der Waals surface area contributed by atoms with Gasteiger partial charge in [-0.3, -0.25) is 0 Å². The Kier molecular flexibility index (Phi) is 4.15. The summed E-state index contributed by atoms with van der Waals surface area (Å²) in [6, 6.07) is 0.336. The molecule has 0 aromatic heterocycles. The summed E-state index contributed by atoms with van der Waals surface area (Å²) in [5.41, 5.74) is 0.433. The molecule has 2 fully saturated rings. The quantitative estimate of drug-likeness (QED) is 0.753. The van der Waals surface area contributed by atoms with E-state index in [4.69, 9.17) is 0 Å². The number of β-amino-alcohol motifs (C(OH)–C–C–N with tert-alkyl or cyclic N) is 1. The van der Waals surface area contributed by atoms with Crippen molar-refractivity contribution < 1.29 is 9.90 Å². The van der Waals surface area contributed by atoms with Crippen LogP contribution in [0.15, 0.2) is 0 Å². The molecule has 2 amide bonds. The van der Waals surface area contributed by atoms with Crippen LogP contribution in [-0.2, 0) is 0 Å². The molecular weight excluding hydrogens is 228 g/mol. The smallest absolute Gasteiger partial charge is 0.317 e. The van der Waals surface area contributed by atoms with Crippen molar-refractivity contribution in [3.63, 3.8) is 0 Å². The molecule has 18 heavy (non-hydrogen) atoms. The van der Waals surface area contributed by atoms with Crippen LogP contribution in [-0.4, -0.2) is 41.3 Å². The number of nitrogens with zero attached hydrogens (tertiary/aromatic N) is 1. The van der Waals surface area contributed by atoms with Crippen LogP contribution in [0.2, 0.25) is 0 Å². The summed E-state index contributed by atoms with van der Waals surface area (Å²) in [5, 5.41) is 12.7. The van der Waals surface area contributed by atoms with Crippen molar-refractivity contribution in [2.75, 3.05) is 13.1 Å². The van der Waals surface area contributed by atoms with Crippen LogP contribution >= 0.6 is 0 Å². The lowest BCUT2D eigenvalue weighted by Crippen LogP contribution is -2.50. The van der Waals surface area contributed by atoms with E-state index in [1.54, 1.807) is 4.90 Å². The molecule has 1 heterocycles. The topological polar surface area (TPSA) is 52.6 Å². The number of hydrogen-bond acceptors (Lipinski definition) is 2. The predicted octanol–water partition coefficient (Wildman–Crippen LogP) is 2.12. The SMILES string of the molecule is CC1(C)CCC(NC(=O)N2CCCC(O)C2)CC1. The van der Waals surface area contributed by atoms with Gasteiger partial charge in [0.1, 0.15) is 0 Å². The molecule has 2 aliphatic rings. The number of carbonyl (C=O) groups is 1. The molecule has 1 saturated heterocycles. The number of aliphatic hydroxyl groups is 1. The third-order valence-electron chi connectivity index (χ3n) is 4.35. The molecule has 104 valence electrons. The summed E-state index contributed by atoms with van der Waals surface area (Å²) < 4.78 is 0. The minimum absolute atomic E-state index is 0.0125. The highest BCUT2D eigenvalue weighted by Gasteiger charge is 2.29. The van der Waals surface area contributed by atoms with Crippen molar-refractivity contribution in [2.24, 2.45) is 5.41 Å². The number of urea groups is 1. The van der Waals surface area contributed by atoms with Gasteiger partial charge in [-0.25, -0.2) is 4.79 Å². The fourth-order valence-corrected chi connectivity index (χ4v) is 2.95. The molecule has 1 atom stereocenters. The Labute approximate surface area is 110 Å². The highest BCUT2D eigenvalue weighted by molar-refractivity contribution is 5.74. The number of nitrogens with one attached hydrogen (secondary N) is 1. The van der Waals surface area contributed by atoms with E-state index in [0.29, 0.717) is 18.0 Å². The number of likely N-dealkylation sites (tertiary alicyclic amines) is 1. The van der Waals surface area contributed by atoms with E-state index in [-0.39, 0.29) is 12.1 Å². The molecule has 1 saturated carbocycles. The maximum absolute atomic E-state index is 12.1. The Morgan fingerprint density at radius 2 is 1.94 bits per heavy atom. The third-order valence-corrected chi connectivity index (χ3v) is 4.35. The van der Waals surface area contributed by atoms with Crippen molar-refractivity contribution in [3.05, 3.63) is 0 Å². The number of hydrogen-bond donors (Lipinski definition) is 2. The minimum Gasteiger partial charge on any atom is -0.391 e. The van der Waals surface area contributed by atoms with Gasteiger partial charge in [0.15, 0.2) is 0 Å². The Hall–Kier alpha value is -0.770. The van der Waals surface area contributed by atoms with E-state index in [9.17, 15) is 9.90 Å². The molecular formula is C14H26N2O2. The van der Waals surface area contributed by atoms with Crippen LogP contribution in [0.1, 0.15) is 52.4 Å². The van der Waals surface area contributed by atoms with Crippen LogP contribution in [0.5, 0.6) is 0 Å². The number of piperidine rings is 1. The lowest BCUT2D eigenvalue weighted by molar-refractivity contribution is 0.0817. The van der Waals surface area contributed by atoms with Gasteiger partial charge in [0.2, 0.25) is 0 Å². The van der Waals surface area contributed by atoms with E-state index >= 15 is 0 Å². The first kappa shape index (κ1) is 13.7. The summed E-state index contributed by atoms with van der Waals surface area (Å²) in [4.78, 5) is 13.8. The van der Waals surface area contributed by atoms with Gasteiger partial charge >= 0.3 is 6.03 Å². The highest BCUT2D eigenvalue weighted by atomic mass is 16.3. The van der Waals surface area contributed by atoms with E-state index in [1.807, 2.05) is 0 Å². The maximum atomic E-state index is 12.1. The number of amides is 2. The zero-order chi connectivity index (χ0) is 13.2. The monoisotopic (exact) mass is 254 g/mol. The summed E-state index contributed by atoms with van der Waals surface area (Å²) >= 11 is 0. The van der Waals surface area contributed by atoms with Gasteiger partial charge in [0, 0.05) is 19.1 Å². The van der Waals surface area contributed by atoms with E-state index < -0.39 is 0 Å². The first-order chi connectivity index (χ1) is 8.46. The molecule has 0 spiro atoms. The van der Waals surface area contributed by atoms with Crippen molar-refractivity contribution in [1.82, 2.24) is 10.2 Å². The Balaban J connectivity index is 1.77. The standard InChI is InChI=1S/C14H26N2O2/c1-14(2)7-5-11(6-8-14)15-13(18)16-9-3-4-12(17)10-16/h11-12,17H,3-10H2,1-2H3,(H,15,18). The molecule has 0 aromatic rings. The van der Waals surface area contributed by atoms with E-state index in [0.717, 1.165) is 32.2 Å². The lowest BCUT2D eigenvalue weighted by Gasteiger charge is -2.36. The average Bonchev–Trinajstić information content (AvgIpc) is 2.32. The van der Waals surface area contributed by atoms with Crippen LogP contribution < -0.4 is 5.32 Å². The number of aliphatic hydroxyl groups excluding tert-OH is 1. The highest BCUT2D eigenvalue weighted by Crippen LogP contribution is 2.35. The second-order valence-corrected chi connectivity index (χ2v) is 6.63. The normalized spacial score (nSPS) is 29.1. The average molecular weight is 254 g/mol. The predicted molar refractivity (Wildman–Crippen MR) is 71.4 cm³/mol. The van der Waals surface area contributed by atoms with Gasteiger partial charge in [-0.05, 0) is 43.9 Å². The zero-order valence-electron chi connectivity index (χ0n) is 11.6. The van der Waals surface area contributed by atoms with Gasteiger partial charge in [0.05, 0.1) is 6.10 Å². The molecule has 1 unspecified atom stereocenters. The second kappa shape index (κ2) is 5.47. The van der Waals surface area contributed by atoms with Crippen LogP contribution in [0.25, 0.3) is 0 Å². The lowest BCUT2D eigenvalue weighted by atomic mass is 9.75. The molecule has 0 radical (unpaired) electrons. The van der Waals surface area contributed by atoms with Crippen molar-refractivity contribution in [1.29, 1.82) is 0 Å². The molecule has 2 rings (SSSR count). The molecule has 0 aromatic carbocycles. The second-order valence-electron chi connectivity index (χ2n) is 6.63. The van der Waals surface area contributed by atoms with E-state index in [2.05, 4.69) is 19.2 Å². The molecule has 0 bridgehead atoms. The third kappa shape index (κ3) is 3.61. The fourth-order valence-electron chi connectivity index (χ4n) is 2.95. The maximum Gasteiger partial charge on any atom is 0.317 e. The van der Waals surface area contributed by atoms with Crippen LogP contribution in [0.3, 0.4) is 0 Å². The molecule has 1 aliphatic heterocycles. The van der Waals surface area contributed by atoms with Gasteiger partial charge in [-0.2, -0.15) is 0 Å². The Morgan fingerprint density at radius 1 is 1.28 bits per heavy atom. The van der Waals surface area contributed by atoms with Gasteiger partial charge in [-0.15, -0.1) is 0 Å². The molecule has 4 heteroatoms. The summed E-state index contributed by atoms with van der Waals surface area (Å²) in [6.07, 6.45) is 5.91.